The molecule has 29 heteroatoms. The monoisotopic (exact) mass is 1650 g/mol. The van der Waals surface area contributed by atoms with E-state index in [1.165, 1.54) is 51.9 Å². The molecule has 0 radical (unpaired) electrons. The molecular weight excluding hydrogens is 1590 g/mol. The fraction of sp³-hybridized carbons (Fsp3) is 0.226. The number of fused-ring (bicyclic) bond motifs is 3. The number of aryl methyl sites for hydroxylation is 4. The zero-order valence-corrected chi connectivity index (χ0v) is 65.3. The Kier molecular flexibility index (Phi) is 21.5. The minimum absolute atomic E-state index is 0.0697. The molecule has 3 aliphatic heterocycles. The van der Waals surface area contributed by atoms with Crippen molar-refractivity contribution in [3.05, 3.63) is 248 Å². The van der Waals surface area contributed by atoms with Gasteiger partial charge in [0.25, 0.3) is 0 Å². The Balaban J connectivity index is 0.000000128. The van der Waals surface area contributed by atoms with Gasteiger partial charge in [0.1, 0.15) is 97.6 Å². The molecule has 0 bridgehead atoms. The van der Waals surface area contributed by atoms with Crippen LogP contribution in [0.25, 0.3) is 33.8 Å². The van der Waals surface area contributed by atoms with Crippen molar-refractivity contribution in [1.82, 2.24) is 15.5 Å². The quantitative estimate of drug-likeness (QED) is 0.0519. The van der Waals surface area contributed by atoms with E-state index in [1.807, 2.05) is 67.6 Å². The molecule has 5 aromatic heterocycles. The number of amides is 3. The minimum atomic E-state index is -1.24. The van der Waals surface area contributed by atoms with E-state index in [0.717, 1.165) is 123 Å². The van der Waals surface area contributed by atoms with E-state index in [9.17, 15) is 49.2 Å². The van der Waals surface area contributed by atoms with Gasteiger partial charge in [-0.15, -0.1) is 22.7 Å². The highest BCUT2D eigenvalue weighted by molar-refractivity contribution is 7.18. The third-order valence-electron chi connectivity index (χ3n) is 20.3. The molecule has 18 rings (SSSR count). The molecule has 574 valence electrons. The fourth-order valence-corrected chi connectivity index (χ4v) is 17.5. The molecule has 4 N–H and O–H groups in total. The number of aromatic nitrogens is 3. The number of carbonyl (C=O) groups excluding carboxylic acids is 3. The van der Waals surface area contributed by atoms with Crippen LogP contribution in [0, 0.1) is 6.92 Å². The highest BCUT2D eigenvalue weighted by atomic mass is 35.5. The average molecular weight is 1660 g/mol. The Bertz CT molecular complexity index is 5530. The number of hydrogen-bond donors (Lipinski definition) is 4. The van der Waals surface area contributed by atoms with Crippen LogP contribution >= 0.6 is 80.7 Å². The number of halogens is 5. The van der Waals surface area contributed by atoms with Gasteiger partial charge in [0.15, 0.2) is 0 Å². The molecule has 113 heavy (non-hydrogen) atoms. The Hall–Kier alpha value is -11.0. The van der Waals surface area contributed by atoms with Gasteiger partial charge >= 0.3 is 17.9 Å². The van der Waals surface area contributed by atoms with Gasteiger partial charge in [-0.05, 0) is 202 Å². The van der Waals surface area contributed by atoms with E-state index in [2.05, 4.69) is 15.5 Å². The molecule has 22 nitrogen and oxygen atoms in total. The topological polar surface area (TPSA) is 299 Å². The molecule has 3 aliphatic carbocycles. The number of carboxylic acids is 3. The predicted octanol–water partition coefficient (Wildman–Crippen LogP) is 21.7. The molecule has 0 unspecified atom stereocenters. The van der Waals surface area contributed by atoms with Crippen LogP contribution in [0.3, 0.4) is 0 Å². The van der Waals surface area contributed by atoms with E-state index in [4.69, 9.17) is 85.8 Å². The smallest absolute Gasteiger partial charge is 0.345 e. The van der Waals surface area contributed by atoms with Crippen molar-refractivity contribution in [3.63, 3.8) is 0 Å². The second kappa shape index (κ2) is 31.9. The maximum atomic E-state index is 12.9. The summed E-state index contributed by atoms with van der Waals surface area (Å²) in [7, 11) is 0. The van der Waals surface area contributed by atoms with Crippen molar-refractivity contribution in [2.24, 2.45) is 0 Å². The summed E-state index contributed by atoms with van der Waals surface area (Å²) in [5.74, 6) is 1.36. The molecule has 0 atom stereocenters. The SMILES string of the molecule is Cc1cccc(Cl)c1-c1noc(C2CC2)c1COc1ccc2c(c1)CCC(=O)N2c1ccc(C(=O)O)c(O)c1.O=C(O)c1ccc(N2C(=O)CCc3cc(OCc4c(-c5c(Cl)cccc5Cl)noc4C4CC4)ccc32)s1.O=C(O)c1csc(N2C(=O)CCc3cc(OCc4c(-c5c(Cl)cccc5Cl)noc4C4CC4)ccc32)c1. The first-order valence-corrected chi connectivity index (χ1v) is 39.8. The number of benzene rings is 7. The minimum Gasteiger partial charge on any atom is -0.507 e. The van der Waals surface area contributed by atoms with Crippen LogP contribution in [0.2, 0.25) is 25.1 Å². The lowest BCUT2D eigenvalue weighted by Gasteiger charge is -2.30. The lowest BCUT2D eigenvalue weighted by atomic mass is 9.99. The number of aromatic hydroxyl groups is 1. The number of rotatable bonds is 21. The number of carbonyl (C=O) groups is 6. The number of phenols is 1. The van der Waals surface area contributed by atoms with Gasteiger partial charge in [-0.1, -0.05) is 97.7 Å². The maximum absolute atomic E-state index is 12.9. The third kappa shape index (κ3) is 15.7. The number of aromatic carboxylic acids is 3. The van der Waals surface area contributed by atoms with Crippen LogP contribution in [-0.4, -0.2) is 71.5 Å². The second-order valence-corrected chi connectivity index (χ2v) is 31.9. The van der Waals surface area contributed by atoms with Crippen LogP contribution in [0.15, 0.2) is 165 Å². The van der Waals surface area contributed by atoms with Gasteiger partial charge in [-0.2, -0.15) is 0 Å². The molecule has 7 aromatic carbocycles. The van der Waals surface area contributed by atoms with Crippen molar-refractivity contribution >= 4 is 149 Å². The van der Waals surface area contributed by atoms with Gasteiger partial charge < -0.3 is 48.2 Å². The van der Waals surface area contributed by atoms with Crippen LogP contribution < -0.4 is 28.9 Å². The van der Waals surface area contributed by atoms with Crippen LogP contribution in [0.1, 0.15) is 162 Å². The average Bonchev–Trinajstić information content (AvgIpc) is 1.50. The second-order valence-electron chi connectivity index (χ2n) is 27.9. The maximum Gasteiger partial charge on any atom is 0.345 e. The van der Waals surface area contributed by atoms with Crippen LogP contribution in [0.4, 0.5) is 32.8 Å². The molecule has 8 heterocycles. The Morgan fingerprint density at radius 3 is 1.26 bits per heavy atom. The molecular formula is C84H65Cl5N6O16S2. The van der Waals surface area contributed by atoms with Crippen molar-refractivity contribution in [2.75, 3.05) is 14.7 Å². The Morgan fingerprint density at radius 1 is 0.460 bits per heavy atom. The van der Waals surface area contributed by atoms with Crippen molar-refractivity contribution in [3.8, 4) is 56.8 Å². The molecule has 0 spiro atoms. The first-order chi connectivity index (χ1) is 54.6. The number of carboxylic acid groups (broad SMARTS) is 3. The van der Waals surface area contributed by atoms with Gasteiger partial charge in [0.05, 0.1) is 70.1 Å². The summed E-state index contributed by atoms with van der Waals surface area (Å²) in [5, 5.41) is 56.2. The van der Waals surface area contributed by atoms with Gasteiger partial charge in [0, 0.05) is 65.2 Å². The summed E-state index contributed by atoms with van der Waals surface area (Å²) in [4.78, 5) is 77.1. The van der Waals surface area contributed by atoms with E-state index in [-0.39, 0.29) is 60.0 Å². The molecule has 3 amide bonds. The summed E-state index contributed by atoms with van der Waals surface area (Å²) in [6.07, 6.45) is 8.83. The fourth-order valence-electron chi connectivity index (χ4n) is 14.2. The molecule has 12 aromatic rings. The number of ether oxygens (including phenoxy) is 3. The number of anilines is 6. The lowest BCUT2D eigenvalue weighted by molar-refractivity contribution is -0.119. The van der Waals surface area contributed by atoms with Crippen LogP contribution in [0.5, 0.6) is 23.0 Å². The molecule has 0 saturated heterocycles. The summed E-state index contributed by atoms with van der Waals surface area (Å²) in [5.41, 5.74) is 12.7. The van der Waals surface area contributed by atoms with Crippen molar-refractivity contribution in [2.45, 2.75) is 122 Å². The third-order valence-corrected chi connectivity index (χ3v) is 23.8. The van der Waals surface area contributed by atoms with Crippen molar-refractivity contribution in [1.29, 1.82) is 0 Å². The van der Waals surface area contributed by atoms with Gasteiger partial charge in [-0.3, -0.25) is 29.1 Å². The van der Waals surface area contributed by atoms with Crippen molar-refractivity contribution < 1.29 is 77.0 Å². The Labute approximate surface area is 678 Å². The summed E-state index contributed by atoms with van der Waals surface area (Å²) < 4.78 is 35.9. The Morgan fingerprint density at radius 2 is 0.867 bits per heavy atom. The number of thiophene rings is 2. The lowest BCUT2D eigenvalue weighted by Crippen LogP contribution is -2.30. The zero-order valence-electron chi connectivity index (χ0n) is 59.8. The van der Waals surface area contributed by atoms with E-state index in [0.29, 0.717) is 142 Å². The molecule has 3 saturated carbocycles. The zero-order chi connectivity index (χ0) is 78.6. The van der Waals surface area contributed by atoms with Gasteiger partial charge in [-0.25, -0.2) is 14.4 Å². The normalized spacial score (nSPS) is 15.0. The molecule has 6 aliphatic rings. The van der Waals surface area contributed by atoms with Crippen LogP contribution in [-0.2, 0) is 53.5 Å². The number of hydrogen-bond acceptors (Lipinski definition) is 18. The first-order valence-electron chi connectivity index (χ1n) is 36.2. The predicted molar refractivity (Wildman–Crippen MR) is 428 cm³/mol. The van der Waals surface area contributed by atoms with E-state index < -0.39 is 23.7 Å². The van der Waals surface area contributed by atoms with E-state index >= 15 is 0 Å². The standard InChI is InChI=1S/C30H25ClN2O6.2C27H20Cl2N2O5S/c1-16-3-2-4-23(31)27(16)28-22(29(39-32-28)17-5-6-17)15-38-20-9-11-24-18(13-20)7-12-26(35)33(24)19-8-10-21(30(36)37)25(34)14-19;28-18-2-1-3-19(29)24(18)25-17(26(36-30-25)14-4-5-14)13-35-16-7-8-20-15(12-16)6-10-22(32)31(20)23-11-9-21(37-23)27(33)34;28-19-2-1-3-20(29)24(19)25-18(26(36-30-25)14-4-5-14)12-35-17-7-8-21-15(10-17)6-9-22(32)31(21)23-11-16(13-37-23)27(33)34/h2-4,8-11,13-14,17,34H,5-7,12,15H2,1H3,(H,36,37);1-3,7-9,11-12,14H,4-6,10,13H2,(H,33,34);1-3,7-8,10-11,13-14H,4-6,9,12H2,(H,33,34). The highest BCUT2D eigenvalue weighted by Crippen LogP contribution is 2.51. The number of nitrogens with zero attached hydrogens (tertiary/aromatic N) is 6. The largest absolute Gasteiger partial charge is 0.507 e. The highest BCUT2D eigenvalue weighted by Gasteiger charge is 2.39. The molecule has 3 fully saturated rings. The van der Waals surface area contributed by atoms with E-state index in [1.54, 1.807) is 64.4 Å². The summed E-state index contributed by atoms with van der Waals surface area (Å²) >= 11 is 34.7. The van der Waals surface area contributed by atoms with Gasteiger partial charge in [0.2, 0.25) is 17.7 Å². The first kappa shape index (κ1) is 76.0. The summed E-state index contributed by atoms with van der Waals surface area (Å²) in [6.45, 7) is 2.69. The summed E-state index contributed by atoms with van der Waals surface area (Å²) in [6, 6.07) is 41.8.